The first-order valence-corrected chi connectivity index (χ1v) is 32.2. The van der Waals surface area contributed by atoms with E-state index in [9.17, 15) is 0 Å². The van der Waals surface area contributed by atoms with Gasteiger partial charge in [-0.15, -0.1) is 215 Å². The number of aromatic nitrogens is 9. The van der Waals surface area contributed by atoms with Crippen LogP contribution in [-0.2, 0) is 76.6 Å². The summed E-state index contributed by atoms with van der Waals surface area (Å²) in [6, 6.07) is 105. The molecule has 0 aliphatic heterocycles. The third kappa shape index (κ3) is 24.7. The summed E-state index contributed by atoms with van der Waals surface area (Å²) in [6.07, 6.45) is 10.4. The Kier molecular flexibility index (Phi) is 31.6. The van der Waals surface area contributed by atoms with Gasteiger partial charge in [-0.25, -0.2) is 15.0 Å². The van der Waals surface area contributed by atoms with Crippen molar-refractivity contribution < 1.29 is 60.3 Å². The van der Waals surface area contributed by atoms with E-state index in [1.807, 2.05) is 237 Å². The van der Waals surface area contributed by atoms with E-state index < -0.39 is 0 Å². The van der Waals surface area contributed by atoms with Crippen molar-refractivity contribution in [2.75, 3.05) is 0 Å². The Morgan fingerprint density at radius 3 is 0.880 bits per heavy atom. The Bertz CT molecular complexity index is 4290. The van der Waals surface area contributed by atoms with E-state index in [2.05, 4.69) is 187 Å². The van der Waals surface area contributed by atoms with E-state index in [1.165, 1.54) is 27.8 Å². The Balaban J connectivity index is 0.000000189. The van der Waals surface area contributed by atoms with Crippen molar-refractivity contribution in [2.45, 2.75) is 85.5 Å². The fourth-order valence-corrected chi connectivity index (χ4v) is 9.59. The standard InChI is InChI=1S/C18H14N.C17H12N.3C14H15N2.C11H8N.3Ir/c1-14-12-18(16-10-6-3-7-11-16)19-13-17(14)15-8-4-2-5-9-15;1-3-7-14(8-4-1)16-11-12-18-17(13-16)15-9-5-2-6-10-15;3*1-14(2,3)13-9-12(15-10-16-13)11-7-5-4-6-8-11;1-2-6-10(7-3-1)11-8-4-5-9-12-11;;;/h2-10,12-13H,1H3;1-9,11-13H;3*4-7,9-10H,1-3H3;1-6,8-9H;;;/q6*-1;;;. The molecule has 0 spiro atoms. The second-order valence-corrected chi connectivity index (χ2v) is 25.5. The number of nitrogens with zero attached hydrogens (tertiary/aromatic N) is 9. The summed E-state index contributed by atoms with van der Waals surface area (Å²) < 4.78 is 0. The van der Waals surface area contributed by atoms with Crippen molar-refractivity contribution in [3.8, 4) is 89.8 Å². The van der Waals surface area contributed by atoms with Gasteiger partial charge < -0.3 is 15.0 Å². The molecule has 100 heavy (non-hydrogen) atoms. The van der Waals surface area contributed by atoms with Crippen LogP contribution in [0.5, 0.6) is 0 Å². The summed E-state index contributed by atoms with van der Waals surface area (Å²) in [5.41, 5.74) is 21.1. The molecule has 3 radical (unpaired) electrons. The zero-order valence-electron chi connectivity index (χ0n) is 57.8. The Hall–Kier alpha value is -9.60. The Morgan fingerprint density at radius 2 is 0.560 bits per heavy atom. The van der Waals surface area contributed by atoms with E-state index in [0.29, 0.717) is 0 Å². The largest absolute Gasteiger partial charge is 0.305 e. The molecule has 0 saturated heterocycles. The minimum Gasteiger partial charge on any atom is -0.305 e. The molecular formula is C88H79Ir3N9-6. The summed E-state index contributed by atoms with van der Waals surface area (Å²) in [5.74, 6) is 0. The summed E-state index contributed by atoms with van der Waals surface area (Å²) in [4.78, 5) is 39.0. The predicted octanol–water partition coefficient (Wildman–Crippen LogP) is 21.0. The van der Waals surface area contributed by atoms with Crippen molar-refractivity contribution >= 4 is 0 Å². The quantitative estimate of drug-likeness (QED) is 0.137. The summed E-state index contributed by atoms with van der Waals surface area (Å²) in [6.45, 7) is 21.4. The SMILES string of the molecule is CC(C)(C)c1cc(-c2[c-]cccc2)ncn1.CC(C)(C)c1cc(-c2[c-]cccc2)ncn1.CC(C)(C)c1cc(-c2[c-]cccc2)ncn1.Cc1cc(-c2[c-]cccc2)ncc1-c1ccccc1.[Ir].[Ir].[Ir].[c-]1ccccc1-c1cc(-c2ccccc2)ccn1.[c-]1ccccc1-c1ccccn1. The monoisotopic (exact) mass is 1840 g/mol. The zero-order valence-corrected chi connectivity index (χ0v) is 65.0. The van der Waals surface area contributed by atoms with E-state index in [-0.39, 0.29) is 76.6 Å². The number of aryl methyl sites for hydroxylation is 1. The molecule has 0 aliphatic rings. The van der Waals surface area contributed by atoms with Crippen LogP contribution in [0.3, 0.4) is 0 Å². The number of rotatable bonds is 8. The van der Waals surface area contributed by atoms with Gasteiger partial charge in [0.1, 0.15) is 19.0 Å². The molecular weight excluding hydrogens is 1760 g/mol. The van der Waals surface area contributed by atoms with Crippen molar-refractivity contribution in [2.24, 2.45) is 0 Å². The molecule has 6 heterocycles. The fraction of sp³-hybridized carbons (Fsp3) is 0.148. The molecule has 0 bridgehead atoms. The third-order valence-corrected chi connectivity index (χ3v) is 14.9. The first-order chi connectivity index (χ1) is 47.0. The molecule has 0 aliphatic carbocycles. The number of hydrogen-bond acceptors (Lipinski definition) is 9. The molecule has 0 N–H and O–H groups in total. The normalized spacial score (nSPS) is 10.5. The van der Waals surface area contributed by atoms with E-state index >= 15 is 0 Å². The van der Waals surface area contributed by atoms with Crippen LogP contribution in [0.25, 0.3) is 89.8 Å². The van der Waals surface area contributed by atoms with Gasteiger partial charge in [-0.2, -0.15) is 0 Å². The molecule has 14 rings (SSSR count). The van der Waals surface area contributed by atoms with Crippen LogP contribution in [-0.4, -0.2) is 44.9 Å². The van der Waals surface area contributed by atoms with Crippen LogP contribution >= 0.6 is 0 Å². The van der Waals surface area contributed by atoms with Gasteiger partial charge in [-0.1, -0.05) is 165 Å². The van der Waals surface area contributed by atoms with Gasteiger partial charge in [0.25, 0.3) is 0 Å². The summed E-state index contributed by atoms with van der Waals surface area (Å²) >= 11 is 0. The predicted molar refractivity (Wildman–Crippen MR) is 396 cm³/mol. The first kappa shape index (κ1) is 79.4. The van der Waals surface area contributed by atoms with Gasteiger partial charge in [0.15, 0.2) is 0 Å². The van der Waals surface area contributed by atoms with Crippen molar-refractivity contribution in [1.82, 2.24) is 44.9 Å². The number of hydrogen-bond donors (Lipinski definition) is 0. The molecule has 0 unspecified atom stereocenters. The topological polar surface area (TPSA) is 116 Å². The average Bonchev–Trinajstić information content (AvgIpc) is 0.937. The summed E-state index contributed by atoms with van der Waals surface area (Å²) in [5, 5.41) is 0. The van der Waals surface area contributed by atoms with Crippen LogP contribution in [0, 0.1) is 43.3 Å². The number of benzene rings is 8. The smallest absolute Gasteiger partial charge is 0.105 e. The van der Waals surface area contributed by atoms with Crippen molar-refractivity contribution in [1.29, 1.82) is 0 Å². The van der Waals surface area contributed by atoms with Gasteiger partial charge in [-0.05, 0) is 75.5 Å². The van der Waals surface area contributed by atoms with Gasteiger partial charge in [0, 0.05) is 118 Å². The molecule has 14 aromatic rings. The van der Waals surface area contributed by atoms with Crippen LogP contribution in [0.15, 0.2) is 298 Å². The van der Waals surface area contributed by atoms with Gasteiger partial charge in [-0.3, -0.25) is 15.0 Å². The van der Waals surface area contributed by atoms with Crippen LogP contribution in [0.1, 0.15) is 85.0 Å². The van der Waals surface area contributed by atoms with Gasteiger partial charge in [0.05, 0.1) is 0 Å². The Morgan fingerprint density at radius 1 is 0.250 bits per heavy atom. The first-order valence-electron chi connectivity index (χ1n) is 32.2. The minimum atomic E-state index is 0. The molecule has 509 valence electrons. The van der Waals surface area contributed by atoms with E-state index in [1.54, 1.807) is 25.2 Å². The molecule has 6 aromatic heterocycles. The minimum absolute atomic E-state index is 0. The maximum atomic E-state index is 4.55. The number of pyridine rings is 3. The van der Waals surface area contributed by atoms with E-state index in [0.717, 1.165) is 84.6 Å². The molecule has 0 fully saturated rings. The fourth-order valence-electron chi connectivity index (χ4n) is 9.59. The molecule has 12 heteroatoms. The average molecular weight is 1840 g/mol. The molecule has 0 amide bonds. The molecule has 9 nitrogen and oxygen atoms in total. The maximum Gasteiger partial charge on any atom is 0.105 e. The second-order valence-electron chi connectivity index (χ2n) is 25.5. The van der Waals surface area contributed by atoms with Gasteiger partial charge in [0.2, 0.25) is 0 Å². The Labute approximate surface area is 632 Å². The van der Waals surface area contributed by atoms with Gasteiger partial charge >= 0.3 is 0 Å². The van der Waals surface area contributed by atoms with E-state index in [4.69, 9.17) is 0 Å². The zero-order chi connectivity index (χ0) is 68.3. The van der Waals surface area contributed by atoms with Crippen LogP contribution in [0.4, 0.5) is 0 Å². The van der Waals surface area contributed by atoms with Crippen molar-refractivity contribution in [3.63, 3.8) is 0 Å². The third-order valence-electron chi connectivity index (χ3n) is 14.9. The van der Waals surface area contributed by atoms with Crippen LogP contribution < -0.4 is 0 Å². The maximum absolute atomic E-state index is 4.55. The summed E-state index contributed by atoms with van der Waals surface area (Å²) in [7, 11) is 0. The van der Waals surface area contributed by atoms with Crippen LogP contribution in [0.2, 0.25) is 0 Å². The molecule has 8 aromatic carbocycles. The second kappa shape index (κ2) is 39.9. The molecule has 0 atom stereocenters. The molecule has 0 saturated carbocycles. The van der Waals surface area contributed by atoms with Crippen molar-refractivity contribution in [3.05, 3.63) is 357 Å².